The van der Waals surface area contributed by atoms with E-state index in [2.05, 4.69) is 0 Å². The van der Waals surface area contributed by atoms with Crippen molar-refractivity contribution in [3.05, 3.63) is 136 Å². The van der Waals surface area contributed by atoms with Crippen molar-refractivity contribution >= 4 is 40.3 Å². The van der Waals surface area contributed by atoms with Gasteiger partial charge in [0.25, 0.3) is 5.91 Å². The van der Waals surface area contributed by atoms with E-state index in [9.17, 15) is 14.7 Å². The van der Waals surface area contributed by atoms with E-state index in [4.69, 9.17) is 11.6 Å². The van der Waals surface area contributed by atoms with Crippen molar-refractivity contribution < 1.29 is 14.7 Å². The summed E-state index contributed by atoms with van der Waals surface area (Å²) in [7, 11) is 0. The molecule has 34 heavy (non-hydrogen) atoms. The molecule has 166 valence electrons. The lowest BCUT2D eigenvalue weighted by molar-refractivity contribution is -0.113. The van der Waals surface area contributed by atoms with Crippen LogP contribution < -0.4 is 4.90 Å². The minimum atomic E-state index is -0.997. The number of carbonyl (C=O) groups excluding carboxylic acids is 1. The lowest BCUT2D eigenvalue weighted by Crippen LogP contribution is -2.26. The van der Waals surface area contributed by atoms with Gasteiger partial charge in [-0.2, -0.15) is 0 Å². The van der Waals surface area contributed by atoms with Crippen LogP contribution in [0.3, 0.4) is 0 Å². The Kier molecular flexibility index (Phi) is 5.74. The molecule has 5 rings (SSSR count). The number of aromatic carboxylic acids is 1. The maximum Gasteiger partial charge on any atom is 0.335 e. The van der Waals surface area contributed by atoms with Gasteiger partial charge >= 0.3 is 5.97 Å². The SMILES string of the molecule is O=C(O)c1cccc(CN2C(=O)/C(=C(\c3ccccc3)c3cccc(Cl)c3)c3ccccc32)c1. The van der Waals surface area contributed by atoms with E-state index in [1.807, 2.05) is 84.9 Å². The zero-order valence-corrected chi connectivity index (χ0v) is 18.9. The molecule has 4 nitrogen and oxygen atoms in total. The third-order valence-electron chi connectivity index (χ3n) is 5.86. The first kappa shape index (κ1) is 21.7. The van der Waals surface area contributed by atoms with Crippen LogP contribution in [0.15, 0.2) is 103 Å². The van der Waals surface area contributed by atoms with Gasteiger partial charge in [-0.15, -0.1) is 0 Å². The molecule has 0 spiro atoms. The predicted molar refractivity (Wildman–Crippen MR) is 135 cm³/mol. The molecule has 0 saturated carbocycles. The molecular formula is C29H20ClNO3. The third-order valence-corrected chi connectivity index (χ3v) is 6.10. The zero-order valence-electron chi connectivity index (χ0n) is 18.1. The first-order valence-electron chi connectivity index (χ1n) is 10.8. The molecule has 0 aromatic heterocycles. The molecule has 0 fully saturated rings. The molecule has 4 aromatic rings. The van der Waals surface area contributed by atoms with Crippen molar-refractivity contribution in [1.82, 2.24) is 0 Å². The fourth-order valence-electron chi connectivity index (χ4n) is 4.37. The number of benzene rings is 4. The normalized spacial score (nSPS) is 14.1. The Hall–Kier alpha value is -4.15. The highest BCUT2D eigenvalue weighted by molar-refractivity contribution is 6.39. The molecule has 0 atom stereocenters. The van der Waals surface area contributed by atoms with Gasteiger partial charge in [0, 0.05) is 16.2 Å². The van der Waals surface area contributed by atoms with Crippen LogP contribution in [0.2, 0.25) is 5.02 Å². The Morgan fingerprint density at radius 1 is 0.765 bits per heavy atom. The van der Waals surface area contributed by atoms with Crippen LogP contribution in [0.25, 0.3) is 11.1 Å². The Bertz CT molecular complexity index is 1440. The van der Waals surface area contributed by atoms with Gasteiger partial charge in [0.1, 0.15) is 0 Å². The number of carboxylic acids is 1. The largest absolute Gasteiger partial charge is 0.478 e. The van der Waals surface area contributed by atoms with Gasteiger partial charge in [-0.3, -0.25) is 4.79 Å². The molecule has 0 unspecified atom stereocenters. The van der Waals surface area contributed by atoms with Crippen LogP contribution in [0.5, 0.6) is 0 Å². The topological polar surface area (TPSA) is 57.6 Å². The Balaban J connectivity index is 1.70. The second kappa shape index (κ2) is 9.00. The molecule has 0 bridgehead atoms. The first-order chi connectivity index (χ1) is 16.5. The van der Waals surface area contributed by atoms with Gasteiger partial charge in [0.2, 0.25) is 0 Å². The highest BCUT2D eigenvalue weighted by Crippen LogP contribution is 2.43. The molecule has 1 aliphatic rings. The van der Waals surface area contributed by atoms with Crippen molar-refractivity contribution in [3.63, 3.8) is 0 Å². The van der Waals surface area contributed by atoms with Crippen LogP contribution in [0.4, 0.5) is 5.69 Å². The molecule has 1 N–H and O–H groups in total. The van der Waals surface area contributed by atoms with Crippen molar-refractivity contribution in [1.29, 1.82) is 0 Å². The summed E-state index contributed by atoms with van der Waals surface area (Å²) in [5.41, 5.74) is 5.73. The van der Waals surface area contributed by atoms with E-state index in [1.165, 1.54) is 0 Å². The van der Waals surface area contributed by atoms with E-state index < -0.39 is 5.97 Å². The van der Waals surface area contributed by atoms with E-state index in [0.717, 1.165) is 33.5 Å². The smallest absolute Gasteiger partial charge is 0.335 e. The van der Waals surface area contributed by atoms with Gasteiger partial charge in [-0.25, -0.2) is 4.79 Å². The maximum atomic E-state index is 14.0. The number of nitrogens with zero attached hydrogens (tertiary/aromatic N) is 1. The lowest BCUT2D eigenvalue weighted by atomic mass is 9.90. The number of carboxylic acid groups (broad SMARTS) is 1. The third kappa shape index (κ3) is 4.00. The van der Waals surface area contributed by atoms with Crippen LogP contribution >= 0.6 is 11.6 Å². The number of anilines is 1. The number of halogens is 1. The Morgan fingerprint density at radius 2 is 1.44 bits per heavy atom. The summed E-state index contributed by atoms with van der Waals surface area (Å²) < 4.78 is 0. The molecule has 0 saturated heterocycles. The number of hydrogen-bond donors (Lipinski definition) is 1. The molecule has 1 heterocycles. The monoisotopic (exact) mass is 465 g/mol. The fraction of sp³-hybridized carbons (Fsp3) is 0.0345. The van der Waals surface area contributed by atoms with Crippen molar-refractivity contribution in [3.8, 4) is 0 Å². The summed E-state index contributed by atoms with van der Waals surface area (Å²) in [6, 6.07) is 31.7. The predicted octanol–water partition coefficient (Wildman–Crippen LogP) is 6.54. The standard InChI is InChI=1S/C29H20ClNO3/c30-23-13-7-11-21(17-23)26(20-9-2-1-3-10-20)27-24-14-4-5-15-25(24)31(28(27)32)18-19-8-6-12-22(16-19)29(33)34/h1-17H,18H2,(H,33,34)/b27-26+. The molecule has 1 amide bonds. The van der Waals surface area contributed by atoms with Gasteiger partial charge in [-0.05, 0) is 47.0 Å². The van der Waals surface area contributed by atoms with Crippen LogP contribution in [0, 0.1) is 0 Å². The van der Waals surface area contributed by atoms with Gasteiger partial charge in [0.15, 0.2) is 0 Å². The van der Waals surface area contributed by atoms with Crippen molar-refractivity contribution in [2.75, 3.05) is 4.90 Å². The first-order valence-corrected chi connectivity index (χ1v) is 11.2. The average molecular weight is 466 g/mol. The van der Waals surface area contributed by atoms with Gasteiger partial charge < -0.3 is 10.0 Å². The number of amides is 1. The number of para-hydroxylation sites is 1. The number of hydrogen-bond acceptors (Lipinski definition) is 2. The molecular weight excluding hydrogens is 446 g/mol. The number of rotatable bonds is 5. The van der Waals surface area contributed by atoms with Crippen molar-refractivity contribution in [2.24, 2.45) is 0 Å². The zero-order chi connectivity index (χ0) is 23.7. The summed E-state index contributed by atoms with van der Waals surface area (Å²) in [6.45, 7) is 0.262. The summed E-state index contributed by atoms with van der Waals surface area (Å²) in [6.07, 6.45) is 0. The summed E-state index contributed by atoms with van der Waals surface area (Å²) in [5, 5.41) is 9.96. The molecule has 0 radical (unpaired) electrons. The molecule has 5 heteroatoms. The lowest BCUT2D eigenvalue weighted by Gasteiger charge is -2.18. The quantitative estimate of drug-likeness (QED) is 0.340. The fourth-order valence-corrected chi connectivity index (χ4v) is 4.56. The van der Waals surface area contributed by atoms with E-state index in [0.29, 0.717) is 10.6 Å². The second-order valence-electron chi connectivity index (χ2n) is 8.04. The average Bonchev–Trinajstić information content (AvgIpc) is 3.12. The Morgan fingerprint density at radius 3 is 2.21 bits per heavy atom. The molecule has 1 aliphatic heterocycles. The number of carbonyl (C=O) groups is 2. The maximum absolute atomic E-state index is 14.0. The summed E-state index contributed by atoms with van der Waals surface area (Å²) in [4.78, 5) is 27.1. The van der Waals surface area contributed by atoms with Gasteiger partial charge in [0.05, 0.1) is 23.4 Å². The summed E-state index contributed by atoms with van der Waals surface area (Å²) >= 11 is 6.33. The second-order valence-corrected chi connectivity index (χ2v) is 8.48. The highest BCUT2D eigenvalue weighted by atomic mass is 35.5. The summed E-state index contributed by atoms with van der Waals surface area (Å²) in [5.74, 6) is -1.14. The van der Waals surface area contributed by atoms with Crippen molar-refractivity contribution in [2.45, 2.75) is 6.54 Å². The minimum Gasteiger partial charge on any atom is -0.478 e. The van der Waals surface area contributed by atoms with E-state index in [1.54, 1.807) is 23.1 Å². The minimum absolute atomic E-state index is 0.138. The van der Waals surface area contributed by atoms with Crippen LogP contribution in [-0.4, -0.2) is 17.0 Å². The Labute approximate surface area is 202 Å². The number of fused-ring (bicyclic) bond motifs is 1. The van der Waals surface area contributed by atoms with Crippen LogP contribution in [-0.2, 0) is 11.3 Å². The van der Waals surface area contributed by atoms with E-state index in [-0.39, 0.29) is 18.0 Å². The van der Waals surface area contributed by atoms with Gasteiger partial charge in [-0.1, -0.05) is 84.4 Å². The van der Waals surface area contributed by atoms with E-state index >= 15 is 0 Å². The van der Waals surface area contributed by atoms with Crippen LogP contribution in [0.1, 0.15) is 32.6 Å². The highest BCUT2D eigenvalue weighted by Gasteiger charge is 2.35. The molecule has 0 aliphatic carbocycles. The molecule has 4 aromatic carbocycles.